The van der Waals surface area contributed by atoms with Crippen LogP contribution in [-0.2, 0) is 0 Å². The van der Waals surface area contributed by atoms with Crippen LogP contribution < -0.4 is 5.43 Å². The number of alkyl halides is 1. The summed E-state index contributed by atoms with van der Waals surface area (Å²) >= 11 is 0. The molecule has 1 aliphatic heterocycles. The van der Waals surface area contributed by atoms with Crippen LogP contribution >= 0.6 is 0 Å². The first kappa shape index (κ1) is 14.2. The fourth-order valence-corrected chi connectivity index (χ4v) is 3.12. The number of hydrogen-bond donors (Lipinski definition) is 1. The zero-order valence-corrected chi connectivity index (χ0v) is 11.9. The van der Waals surface area contributed by atoms with E-state index in [1.807, 2.05) is 0 Å². The zero-order chi connectivity index (χ0) is 13.0. The van der Waals surface area contributed by atoms with E-state index in [0.29, 0.717) is 0 Å². The van der Waals surface area contributed by atoms with Crippen molar-refractivity contribution in [2.45, 2.75) is 38.8 Å². The monoisotopic (exact) mass is 257 g/mol. The van der Waals surface area contributed by atoms with Crippen molar-refractivity contribution in [1.82, 2.24) is 15.3 Å². The number of halogens is 1. The quantitative estimate of drug-likeness (QED) is 0.830. The second-order valence-corrected chi connectivity index (χ2v) is 6.16. The molecule has 0 radical (unpaired) electrons. The molecule has 1 heterocycles. The molecular weight excluding hydrogens is 229 g/mol. The molecule has 0 amide bonds. The zero-order valence-electron chi connectivity index (χ0n) is 11.9. The molecule has 2 fully saturated rings. The Labute approximate surface area is 111 Å². The van der Waals surface area contributed by atoms with Gasteiger partial charge < -0.3 is 4.90 Å². The van der Waals surface area contributed by atoms with Crippen LogP contribution in [0.2, 0.25) is 0 Å². The Balaban J connectivity index is 1.58. The van der Waals surface area contributed by atoms with Crippen molar-refractivity contribution >= 4 is 0 Å². The van der Waals surface area contributed by atoms with Gasteiger partial charge in [0.15, 0.2) is 0 Å². The van der Waals surface area contributed by atoms with Crippen molar-refractivity contribution in [2.75, 3.05) is 39.8 Å². The number of hydrogen-bond acceptors (Lipinski definition) is 3. The summed E-state index contributed by atoms with van der Waals surface area (Å²) in [6.07, 6.45) is 3.58. The highest BCUT2D eigenvalue weighted by Crippen LogP contribution is 2.32. The van der Waals surface area contributed by atoms with Crippen LogP contribution in [0, 0.1) is 11.8 Å². The summed E-state index contributed by atoms with van der Waals surface area (Å²) in [5.74, 6) is 0.999. The molecule has 2 rings (SSSR count). The van der Waals surface area contributed by atoms with Gasteiger partial charge in [-0.3, -0.25) is 5.43 Å². The van der Waals surface area contributed by atoms with Crippen LogP contribution in [-0.4, -0.2) is 55.9 Å². The molecule has 0 spiro atoms. The SMILES string of the molecule is CC1CC(CCNN2CCN(C)CC2)CCC1F. The molecule has 0 bridgehead atoms. The van der Waals surface area contributed by atoms with Gasteiger partial charge in [0.1, 0.15) is 6.17 Å². The van der Waals surface area contributed by atoms with Gasteiger partial charge in [0.2, 0.25) is 0 Å². The van der Waals surface area contributed by atoms with Crippen molar-refractivity contribution in [3.63, 3.8) is 0 Å². The molecule has 4 heteroatoms. The lowest BCUT2D eigenvalue weighted by molar-refractivity contribution is 0.0941. The highest BCUT2D eigenvalue weighted by molar-refractivity contribution is 4.78. The van der Waals surface area contributed by atoms with Crippen LogP contribution in [0.3, 0.4) is 0 Å². The van der Waals surface area contributed by atoms with Gasteiger partial charge >= 0.3 is 0 Å². The van der Waals surface area contributed by atoms with Gasteiger partial charge in [0.05, 0.1) is 0 Å². The second kappa shape index (κ2) is 6.83. The van der Waals surface area contributed by atoms with Crippen molar-refractivity contribution in [3.8, 4) is 0 Å². The highest BCUT2D eigenvalue weighted by Gasteiger charge is 2.26. The topological polar surface area (TPSA) is 18.5 Å². The summed E-state index contributed by atoms with van der Waals surface area (Å²) in [6.45, 7) is 7.64. The lowest BCUT2D eigenvalue weighted by atomic mass is 9.80. The molecule has 3 atom stereocenters. The summed E-state index contributed by atoms with van der Waals surface area (Å²) in [6, 6.07) is 0. The molecule has 0 aromatic rings. The van der Waals surface area contributed by atoms with Crippen LogP contribution in [0.5, 0.6) is 0 Å². The van der Waals surface area contributed by atoms with Gasteiger partial charge in [0, 0.05) is 32.7 Å². The summed E-state index contributed by atoms with van der Waals surface area (Å²) in [7, 11) is 2.17. The number of nitrogens with one attached hydrogen (secondary N) is 1. The first-order valence-corrected chi connectivity index (χ1v) is 7.46. The van der Waals surface area contributed by atoms with Gasteiger partial charge in [-0.05, 0) is 44.6 Å². The molecule has 3 unspecified atom stereocenters. The Morgan fingerprint density at radius 3 is 2.56 bits per heavy atom. The number of rotatable bonds is 4. The maximum atomic E-state index is 13.4. The average Bonchev–Trinajstić information content (AvgIpc) is 2.36. The first-order valence-electron chi connectivity index (χ1n) is 7.46. The maximum Gasteiger partial charge on any atom is 0.103 e. The smallest absolute Gasteiger partial charge is 0.103 e. The van der Waals surface area contributed by atoms with Crippen molar-refractivity contribution < 1.29 is 4.39 Å². The summed E-state index contributed by atoms with van der Waals surface area (Å²) in [4.78, 5) is 2.36. The summed E-state index contributed by atoms with van der Waals surface area (Å²) in [5.41, 5.74) is 3.53. The predicted octanol–water partition coefficient (Wildman–Crippen LogP) is 1.90. The molecule has 1 aliphatic carbocycles. The molecule has 3 nitrogen and oxygen atoms in total. The minimum atomic E-state index is -0.549. The standard InChI is InChI=1S/C14H28FN3/c1-12-11-13(3-4-14(12)15)5-6-16-18-9-7-17(2)8-10-18/h12-14,16H,3-11H2,1-2H3. The molecule has 2 aliphatic rings. The van der Waals surface area contributed by atoms with E-state index >= 15 is 0 Å². The Morgan fingerprint density at radius 1 is 1.17 bits per heavy atom. The first-order chi connectivity index (χ1) is 8.65. The Kier molecular flexibility index (Phi) is 5.39. The van der Waals surface area contributed by atoms with Gasteiger partial charge in [-0.15, -0.1) is 0 Å². The maximum absolute atomic E-state index is 13.4. The Hall–Kier alpha value is -0.190. The minimum absolute atomic E-state index is 0.271. The molecule has 0 aromatic carbocycles. The fourth-order valence-electron chi connectivity index (χ4n) is 3.12. The normalized spacial score (nSPS) is 35.8. The summed E-state index contributed by atoms with van der Waals surface area (Å²) < 4.78 is 13.4. The highest BCUT2D eigenvalue weighted by atomic mass is 19.1. The van der Waals surface area contributed by atoms with E-state index in [4.69, 9.17) is 0 Å². The van der Waals surface area contributed by atoms with Gasteiger partial charge in [0.25, 0.3) is 0 Å². The molecular formula is C14H28FN3. The van der Waals surface area contributed by atoms with Crippen LogP contribution in [0.25, 0.3) is 0 Å². The third kappa shape index (κ3) is 4.18. The predicted molar refractivity (Wildman–Crippen MR) is 73.1 cm³/mol. The van der Waals surface area contributed by atoms with Crippen molar-refractivity contribution in [3.05, 3.63) is 0 Å². The fraction of sp³-hybridized carbons (Fsp3) is 1.00. The molecule has 1 saturated heterocycles. The van der Waals surface area contributed by atoms with E-state index in [2.05, 4.69) is 29.3 Å². The van der Waals surface area contributed by atoms with Crippen molar-refractivity contribution in [1.29, 1.82) is 0 Å². The molecule has 106 valence electrons. The van der Waals surface area contributed by atoms with Gasteiger partial charge in [-0.2, -0.15) is 0 Å². The lowest BCUT2D eigenvalue weighted by Crippen LogP contribution is -2.51. The second-order valence-electron chi connectivity index (χ2n) is 6.16. The van der Waals surface area contributed by atoms with Crippen LogP contribution in [0.4, 0.5) is 4.39 Å². The summed E-state index contributed by atoms with van der Waals surface area (Å²) in [5, 5.41) is 2.34. The molecule has 18 heavy (non-hydrogen) atoms. The molecule has 0 aromatic heterocycles. The number of likely N-dealkylation sites (N-methyl/N-ethyl adjacent to an activating group) is 1. The van der Waals surface area contributed by atoms with E-state index in [1.165, 1.54) is 6.42 Å². The van der Waals surface area contributed by atoms with Crippen LogP contribution in [0.15, 0.2) is 0 Å². The average molecular weight is 257 g/mol. The van der Waals surface area contributed by atoms with E-state index in [9.17, 15) is 4.39 Å². The number of piperazine rings is 1. The molecule has 1 saturated carbocycles. The lowest BCUT2D eigenvalue weighted by Gasteiger charge is -2.34. The number of nitrogens with zero attached hydrogens (tertiary/aromatic N) is 2. The van der Waals surface area contributed by atoms with E-state index in [0.717, 1.165) is 57.9 Å². The van der Waals surface area contributed by atoms with E-state index in [-0.39, 0.29) is 5.92 Å². The minimum Gasteiger partial charge on any atom is -0.304 e. The molecule has 1 N–H and O–H groups in total. The van der Waals surface area contributed by atoms with Crippen LogP contribution in [0.1, 0.15) is 32.6 Å². The Bertz CT molecular complexity index is 241. The van der Waals surface area contributed by atoms with Gasteiger partial charge in [-0.25, -0.2) is 9.40 Å². The van der Waals surface area contributed by atoms with E-state index in [1.54, 1.807) is 0 Å². The third-order valence-electron chi connectivity index (χ3n) is 4.56. The number of hydrazine groups is 1. The third-order valence-corrected chi connectivity index (χ3v) is 4.56. The van der Waals surface area contributed by atoms with Gasteiger partial charge in [-0.1, -0.05) is 6.92 Å². The van der Waals surface area contributed by atoms with Crippen molar-refractivity contribution in [2.24, 2.45) is 11.8 Å². The Morgan fingerprint density at radius 2 is 1.89 bits per heavy atom. The largest absolute Gasteiger partial charge is 0.304 e. The van der Waals surface area contributed by atoms with E-state index < -0.39 is 6.17 Å².